The summed E-state index contributed by atoms with van der Waals surface area (Å²) >= 11 is 6.50. The second-order valence-corrected chi connectivity index (χ2v) is 11.3. The van der Waals surface area contributed by atoms with E-state index in [4.69, 9.17) is 22.1 Å². The number of carbonyl (C=O) groups is 4. The molecule has 1 saturated heterocycles. The van der Waals surface area contributed by atoms with Gasteiger partial charge in [-0.25, -0.2) is 4.98 Å². The largest absolute Gasteiger partial charge is 0.496 e. The summed E-state index contributed by atoms with van der Waals surface area (Å²) in [6, 6.07) is 3.86. The average Bonchev–Trinajstić information content (AvgIpc) is 3.48. The van der Waals surface area contributed by atoms with E-state index in [1.54, 1.807) is 31.5 Å². The Bertz CT molecular complexity index is 2030. The quantitative estimate of drug-likeness (QED) is 0.118. The summed E-state index contributed by atoms with van der Waals surface area (Å²) in [5, 5.41) is 6.13. The number of imide groups is 2. The minimum absolute atomic E-state index is 0.0336. The fraction of sp³-hybridized carbons (Fsp3) is 0.281. The van der Waals surface area contributed by atoms with Crippen LogP contribution in [0, 0.1) is 25.7 Å². The van der Waals surface area contributed by atoms with E-state index in [1.807, 2.05) is 24.6 Å². The van der Waals surface area contributed by atoms with Crippen LogP contribution in [0.15, 0.2) is 30.6 Å². The Balaban J connectivity index is 1.20. The van der Waals surface area contributed by atoms with Gasteiger partial charge in [-0.05, 0) is 32.4 Å². The Morgan fingerprint density at radius 3 is 2.74 bits per heavy atom. The second kappa shape index (κ2) is 12.1. The number of piperidine rings is 1. The topological polar surface area (TPSA) is 174 Å². The molecule has 1 unspecified atom stereocenters. The van der Waals surface area contributed by atoms with Crippen LogP contribution in [0.4, 0.5) is 11.6 Å². The van der Waals surface area contributed by atoms with Crippen molar-refractivity contribution < 1.29 is 23.9 Å². The number of hydrogen-bond donors (Lipinski definition) is 3. The van der Waals surface area contributed by atoms with E-state index in [-0.39, 0.29) is 35.1 Å². The van der Waals surface area contributed by atoms with E-state index < -0.39 is 29.7 Å². The number of pyridine rings is 1. The number of nitrogens with two attached hydrogens (primary N) is 1. The first-order chi connectivity index (χ1) is 22.1. The van der Waals surface area contributed by atoms with Crippen LogP contribution in [0.2, 0.25) is 5.15 Å². The molecule has 2 aliphatic heterocycles. The number of aromatic nitrogens is 4. The molecule has 0 radical (unpaired) electrons. The minimum atomic E-state index is -1.04. The molecule has 234 valence electrons. The molecule has 5 heterocycles. The lowest BCUT2D eigenvalue weighted by molar-refractivity contribution is -0.136. The van der Waals surface area contributed by atoms with Crippen molar-refractivity contribution in [1.29, 1.82) is 0 Å². The third-order valence-electron chi connectivity index (χ3n) is 8.02. The standard InChI is InChI=1S/C32H29ClN8O5/c1-16-13-36-21(17(2)26(16)46-3)15-40-14-18(24-27(33)38-32(34)39-28(24)40)7-4-5-12-35-20-9-6-8-19-25(20)31(45)41(30(19)44)22-10-11-23(42)37-29(22)43/h6,8-9,13-14,22,35H,5,10-12,15H2,1-3H3,(H2,34,38,39)(H,37,42,43). The molecule has 1 aromatic carbocycles. The number of aryl methyl sites for hydroxylation is 1. The number of nitrogen functional groups attached to an aromatic ring is 1. The van der Waals surface area contributed by atoms with Crippen molar-refractivity contribution in [2.75, 3.05) is 24.7 Å². The number of methoxy groups -OCH3 is 1. The zero-order valence-corrected chi connectivity index (χ0v) is 26.0. The molecule has 14 heteroatoms. The summed E-state index contributed by atoms with van der Waals surface area (Å²) in [5.41, 5.74) is 10.5. The number of carbonyl (C=O) groups excluding carboxylic acids is 4. The van der Waals surface area contributed by atoms with E-state index >= 15 is 0 Å². The lowest BCUT2D eigenvalue weighted by Crippen LogP contribution is -2.54. The Kier molecular flexibility index (Phi) is 8.06. The molecule has 0 saturated carbocycles. The summed E-state index contributed by atoms with van der Waals surface area (Å²) in [6.45, 7) is 4.60. The number of amides is 4. The monoisotopic (exact) mass is 640 g/mol. The molecule has 6 rings (SSSR count). The number of benzene rings is 1. The predicted octanol–water partition coefficient (Wildman–Crippen LogP) is 2.99. The van der Waals surface area contributed by atoms with E-state index in [9.17, 15) is 19.2 Å². The van der Waals surface area contributed by atoms with Crippen LogP contribution >= 0.6 is 11.6 Å². The molecular weight excluding hydrogens is 612 g/mol. The highest BCUT2D eigenvalue weighted by molar-refractivity contribution is 6.34. The Morgan fingerprint density at radius 1 is 1.17 bits per heavy atom. The zero-order chi connectivity index (χ0) is 32.7. The number of nitrogens with one attached hydrogen (secondary N) is 2. The fourth-order valence-electron chi connectivity index (χ4n) is 5.85. The van der Waals surface area contributed by atoms with Gasteiger partial charge in [-0.2, -0.15) is 4.98 Å². The van der Waals surface area contributed by atoms with Crippen LogP contribution in [0.25, 0.3) is 11.0 Å². The molecule has 4 N–H and O–H groups in total. The molecule has 4 aromatic rings. The summed E-state index contributed by atoms with van der Waals surface area (Å²) in [4.78, 5) is 64.5. The fourth-order valence-corrected chi connectivity index (χ4v) is 6.12. The van der Waals surface area contributed by atoms with Gasteiger partial charge in [-0.1, -0.05) is 29.5 Å². The first-order valence-electron chi connectivity index (χ1n) is 14.5. The first kappa shape index (κ1) is 30.5. The van der Waals surface area contributed by atoms with Crippen LogP contribution in [0.5, 0.6) is 5.75 Å². The van der Waals surface area contributed by atoms with E-state index in [2.05, 4.69) is 37.4 Å². The maximum atomic E-state index is 13.3. The van der Waals surface area contributed by atoms with Crippen molar-refractivity contribution in [1.82, 2.24) is 29.7 Å². The van der Waals surface area contributed by atoms with Gasteiger partial charge in [-0.15, -0.1) is 0 Å². The average molecular weight is 641 g/mol. The number of rotatable bonds is 7. The third-order valence-corrected chi connectivity index (χ3v) is 8.29. The van der Waals surface area contributed by atoms with Gasteiger partial charge in [0.2, 0.25) is 17.8 Å². The van der Waals surface area contributed by atoms with Gasteiger partial charge in [0.15, 0.2) is 0 Å². The van der Waals surface area contributed by atoms with Gasteiger partial charge in [0.05, 0.1) is 41.4 Å². The van der Waals surface area contributed by atoms with E-state index in [1.165, 1.54) is 0 Å². The highest BCUT2D eigenvalue weighted by Gasteiger charge is 2.45. The molecule has 1 fully saturated rings. The molecule has 4 amide bonds. The highest BCUT2D eigenvalue weighted by atomic mass is 35.5. The van der Waals surface area contributed by atoms with Gasteiger partial charge in [0.25, 0.3) is 11.8 Å². The van der Waals surface area contributed by atoms with Crippen LogP contribution in [-0.2, 0) is 16.1 Å². The molecule has 2 aliphatic rings. The molecular formula is C32H29ClN8O5. The van der Waals surface area contributed by atoms with E-state index in [0.29, 0.717) is 41.8 Å². The van der Waals surface area contributed by atoms with Crippen molar-refractivity contribution in [3.63, 3.8) is 0 Å². The predicted molar refractivity (Wildman–Crippen MR) is 169 cm³/mol. The molecule has 3 aromatic heterocycles. The lowest BCUT2D eigenvalue weighted by Gasteiger charge is -2.27. The van der Waals surface area contributed by atoms with E-state index in [0.717, 1.165) is 27.5 Å². The molecule has 46 heavy (non-hydrogen) atoms. The van der Waals surface area contributed by atoms with Gasteiger partial charge in [-0.3, -0.25) is 34.4 Å². The van der Waals surface area contributed by atoms with Crippen molar-refractivity contribution in [3.05, 3.63) is 69.3 Å². The second-order valence-electron chi connectivity index (χ2n) is 10.9. The minimum Gasteiger partial charge on any atom is -0.496 e. The Hall–Kier alpha value is -5.48. The van der Waals surface area contributed by atoms with Crippen LogP contribution in [0.1, 0.15) is 62.4 Å². The summed E-state index contributed by atoms with van der Waals surface area (Å²) < 4.78 is 7.43. The number of nitrogens with zero attached hydrogens (tertiary/aromatic N) is 5. The Labute approximate surface area is 268 Å². The summed E-state index contributed by atoms with van der Waals surface area (Å²) in [5.74, 6) is 4.84. The van der Waals surface area contributed by atoms with Crippen LogP contribution in [-0.4, -0.2) is 67.7 Å². The molecule has 1 atom stereocenters. The highest BCUT2D eigenvalue weighted by Crippen LogP contribution is 2.33. The lowest BCUT2D eigenvalue weighted by atomic mass is 10.0. The summed E-state index contributed by atoms with van der Waals surface area (Å²) in [7, 11) is 1.62. The summed E-state index contributed by atoms with van der Waals surface area (Å²) in [6.07, 6.45) is 4.10. The van der Waals surface area contributed by atoms with Crippen LogP contribution in [0.3, 0.4) is 0 Å². The molecule has 13 nitrogen and oxygen atoms in total. The number of ether oxygens (including phenoxy) is 1. The SMILES string of the molecule is COc1c(C)cnc(Cn2cc(C#CCCNc3cccc4c3C(=O)N(C3CCC(=O)NC3=O)C4=O)c3c(Cl)nc(N)nc32)c1C. The molecule has 0 spiro atoms. The van der Waals surface area contributed by atoms with Gasteiger partial charge in [0.1, 0.15) is 22.6 Å². The van der Waals surface area contributed by atoms with Crippen molar-refractivity contribution in [3.8, 4) is 17.6 Å². The number of hydrogen-bond acceptors (Lipinski definition) is 10. The van der Waals surface area contributed by atoms with Crippen LogP contribution < -0.4 is 21.1 Å². The number of anilines is 2. The van der Waals surface area contributed by atoms with Gasteiger partial charge in [0, 0.05) is 48.6 Å². The normalized spacial score (nSPS) is 15.9. The molecule has 0 aliphatic carbocycles. The number of halogens is 1. The zero-order valence-electron chi connectivity index (χ0n) is 25.2. The Morgan fingerprint density at radius 2 is 1.98 bits per heavy atom. The maximum absolute atomic E-state index is 13.3. The van der Waals surface area contributed by atoms with Crippen molar-refractivity contribution in [2.24, 2.45) is 0 Å². The van der Waals surface area contributed by atoms with Crippen molar-refractivity contribution >= 4 is 57.9 Å². The van der Waals surface area contributed by atoms with Gasteiger partial charge >= 0.3 is 0 Å². The maximum Gasteiger partial charge on any atom is 0.264 e. The molecule has 0 bridgehead atoms. The number of fused-ring (bicyclic) bond motifs is 2. The van der Waals surface area contributed by atoms with Crippen molar-refractivity contribution in [2.45, 2.75) is 45.7 Å². The van der Waals surface area contributed by atoms with Gasteiger partial charge < -0.3 is 20.4 Å². The third kappa shape index (κ3) is 5.37. The first-order valence-corrected chi connectivity index (χ1v) is 14.8. The smallest absolute Gasteiger partial charge is 0.264 e.